The van der Waals surface area contributed by atoms with Crippen molar-refractivity contribution < 1.29 is 26.7 Å². The molecule has 0 heterocycles. The SMILES string of the molecule is COCC(=O)NCCNS(=O)(=O)c1ccc(F)cc1F. The molecule has 1 rings (SSSR count). The molecule has 6 nitrogen and oxygen atoms in total. The lowest BCUT2D eigenvalue weighted by atomic mass is 10.3. The lowest BCUT2D eigenvalue weighted by Gasteiger charge is -2.08. The molecule has 0 atom stereocenters. The van der Waals surface area contributed by atoms with Crippen LogP contribution in [0.2, 0.25) is 0 Å². The van der Waals surface area contributed by atoms with Crippen molar-refractivity contribution in [2.75, 3.05) is 26.8 Å². The van der Waals surface area contributed by atoms with Gasteiger partial charge in [-0.15, -0.1) is 0 Å². The van der Waals surface area contributed by atoms with Gasteiger partial charge in [0.05, 0.1) is 0 Å². The van der Waals surface area contributed by atoms with Crippen molar-refractivity contribution in [3.05, 3.63) is 29.8 Å². The molecule has 0 saturated heterocycles. The van der Waals surface area contributed by atoms with Gasteiger partial charge in [-0.3, -0.25) is 4.79 Å². The number of sulfonamides is 1. The number of hydrogen-bond donors (Lipinski definition) is 2. The van der Waals surface area contributed by atoms with Gasteiger partial charge in [-0.25, -0.2) is 21.9 Å². The van der Waals surface area contributed by atoms with E-state index in [4.69, 9.17) is 0 Å². The highest BCUT2D eigenvalue weighted by atomic mass is 32.2. The molecule has 0 aliphatic heterocycles. The Morgan fingerprint density at radius 1 is 1.30 bits per heavy atom. The summed E-state index contributed by atoms with van der Waals surface area (Å²) in [6.45, 7) is -0.252. The predicted molar refractivity (Wildman–Crippen MR) is 66.4 cm³/mol. The van der Waals surface area contributed by atoms with Gasteiger partial charge in [-0.1, -0.05) is 0 Å². The molecule has 0 spiro atoms. The third kappa shape index (κ3) is 4.83. The standard InChI is InChI=1S/C11H14F2N2O4S/c1-19-7-11(16)14-4-5-15-20(17,18)10-3-2-8(12)6-9(10)13/h2-3,6,15H,4-5,7H2,1H3,(H,14,16). The van der Waals surface area contributed by atoms with Crippen LogP contribution in [0.25, 0.3) is 0 Å². The number of halogens is 2. The Hall–Kier alpha value is -1.58. The molecule has 0 bridgehead atoms. The van der Waals surface area contributed by atoms with E-state index in [1.807, 2.05) is 0 Å². The summed E-state index contributed by atoms with van der Waals surface area (Å²) in [6.07, 6.45) is 0. The summed E-state index contributed by atoms with van der Waals surface area (Å²) in [5.41, 5.74) is 0. The van der Waals surface area contributed by atoms with E-state index in [1.54, 1.807) is 0 Å². The van der Waals surface area contributed by atoms with E-state index in [-0.39, 0.29) is 19.7 Å². The van der Waals surface area contributed by atoms with E-state index in [0.29, 0.717) is 6.07 Å². The second-order valence-corrected chi connectivity index (χ2v) is 5.49. The average molecular weight is 308 g/mol. The van der Waals surface area contributed by atoms with Gasteiger partial charge in [0, 0.05) is 26.3 Å². The van der Waals surface area contributed by atoms with Gasteiger partial charge in [0.15, 0.2) is 0 Å². The van der Waals surface area contributed by atoms with Crippen LogP contribution >= 0.6 is 0 Å². The van der Waals surface area contributed by atoms with Crippen LogP contribution in [0.4, 0.5) is 8.78 Å². The second kappa shape index (κ2) is 7.27. The summed E-state index contributed by atoms with van der Waals surface area (Å²) >= 11 is 0. The van der Waals surface area contributed by atoms with E-state index < -0.39 is 32.5 Å². The number of nitrogens with one attached hydrogen (secondary N) is 2. The Kier molecular flexibility index (Phi) is 5.99. The first-order valence-electron chi connectivity index (χ1n) is 5.57. The molecule has 0 aromatic heterocycles. The quantitative estimate of drug-likeness (QED) is 0.695. The topological polar surface area (TPSA) is 84.5 Å². The van der Waals surface area contributed by atoms with Crippen molar-refractivity contribution in [3.63, 3.8) is 0 Å². The highest BCUT2D eigenvalue weighted by Gasteiger charge is 2.18. The third-order valence-electron chi connectivity index (χ3n) is 2.20. The Morgan fingerprint density at radius 2 is 2.00 bits per heavy atom. The van der Waals surface area contributed by atoms with Gasteiger partial charge in [0.2, 0.25) is 15.9 Å². The molecule has 1 aromatic carbocycles. The van der Waals surface area contributed by atoms with Crippen LogP contribution in [0.3, 0.4) is 0 Å². The van der Waals surface area contributed by atoms with Crippen LogP contribution in [-0.4, -0.2) is 41.1 Å². The van der Waals surface area contributed by atoms with Gasteiger partial charge >= 0.3 is 0 Å². The van der Waals surface area contributed by atoms with Crippen LogP contribution < -0.4 is 10.0 Å². The minimum absolute atomic E-state index is 0.0181. The number of methoxy groups -OCH3 is 1. The van der Waals surface area contributed by atoms with Crippen molar-refractivity contribution in [2.45, 2.75) is 4.90 Å². The Labute approximate surface area is 115 Å². The molecule has 2 N–H and O–H groups in total. The summed E-state index contributed by atoms with van der Waals surface area (Å²) in [6, 6.07) is 2.16. The molecular formula is C11H14F2N2O4S. The smallest absolute Gasteiger partial charge is 0.246 e. The lowest BCUT2D eigenvalue weighted by Crippen LogP contribution is -2.36. The van der Waals surface area contributed by atoms with Gasteiger partial charge in [-0.2, -0.15) is 0 Å². The normalized spacial score (nSPS) is 11.3. The van der Waals surface area contributed by atoms with Gasteiger partial charge < -0.3 is 10.1 Å². The first-order valence-corrected chi connectivity index (χ1v) is 7.05. The van der Waals surface area contributed by atoms with Crippen LogP contribution in [0, 0.1) is 11.6 Å². The van der Waals surface area contributed by atoms with Crippen LogP contribution in [0.15, 0.2) is 23.1 Å². The number of amides is 1. The summed E-state index contributed by atoms with van der Waals surface area (Å²) in [5.74, 6) is -2.45. The number of rotatable bonds is 7. The minimum Gasteiger partial charge on any atom is -0.375 e. The number of ether oxygens (including phenoxy) is 1. The molecule has 0 saturated carbocycles. The van der Waals surface area contributed by atoms with Crippen LogP contribution in [0.5, 0.6) is 0 Å². The highest BCUT2D eigenvalue weighted by Crippen LogP contribution is 2.14. The Morgan fingerprint density at radius 3 is 2.60 bits per heavy atom. The molecule has 0 aliphatic rings. The fourth-order valence-corrected chi connectivity index (χ4v) is 2.43. The second-order valence-electron chi connectivity index (χ2n) is 3.76. The average Bonchev–Trinajstić information content (AvgIpc) is 2.34. The maximum absolute atomic E-state index is 13.3. The summed E-state index contributed by atoms with van der Waals surface area (Å²) in [5, 5.41) is 2.39. The van der Waals surface area contributed by atoms with Crippen molar-refractivity contribution in [1.29, 1.82) is 0 Å². The van der Waals surface area contributed by atoms with Crippen LogP contribution in [0.1, 0.15) is 0 Å². The molecule has 0 fully saturated rings. The Bertz CT molecular complexity index is 578. The molecule has 1 aromatic rings. The maximum atomic E-state index is 13.3. The van der Waals surface area contributed by atoms with E-state index in [9.17, 15) is 22.0 Å². The van der Waals surface area contributed by atoms with E-state index in [1.165, 1.54) is 7.11 Å². The monoisotopic (exact) mass is 308 g/mol. The molecule has 0 unspecified atom stereocenters. The number of carbonyl (C=O) groups is 1. The van der Waals surface area contributed by atoms with Crippen molar-refractivity contribution in [2.24, 2.45) is 0 Å². The highest BCUT2D eigenvalue weighted by molar-refractivity contribution is 7.89. The molecule has 112 valence electrons. The summed E-state index contributed by atoms with van der Waals surface area (Å²) < 4.78 is 56.1. The first kappa shape index (κ1) is 16.5. The molecule has 20 heavy (non-hydrogen) atoms. The largest absolute Gasteiger partial charge is 0.375 e. The summed E-state index contributed by atoms with van der Waals surface area (Å²) in [4.78, 5) is 10.4. The fraction of sp³-hybridized carbons (Fsp3) is 0.364. The molecule has 0 radical (unpaired) electrons. The van der Waals surface area contributed by atoms with Crippen molar-refractivity contribution in [1.82, 2.24) is 10.0 Å². The van der Waals surface area contributed by atoms with E-state index >= 15 is 0 Å². The van der Waals surface area contributed by atoms with Gasteiger partial charge in [-0.05, 0) is 12.1 Å². The zero-order chi connectivity index (χ0) is 15.2. The van der Waals surface area contributed by atoms with E-state index in [2.05, 4.69) is 14.8 Å². The Balaban J connectivity index is 2.56. The van der Waals surface area contributed by atoms with E-state index in [0.717, 1.165) is 12.1 Å². The molecule has 1 amide bonds. The summed E-state index contributed by atoms with van der Waals surface area (Å²) in [7, 11) is -2.75. The van der Waals surface area contributed by atoms with Gasteiger partial charge in [0.25, 0.3) is 0 Å². The minimum atomic E-state index is -4.09. The molecule has 9 heteroatoms. The van der Waals surface area contributed by atoms with Crippen LogP contribution in [-0.2, 0) is 19.6 Å². The van der Waals surface area contributed by atoms with Crippen molar-refractivity contribution in [3.8, 4) is 0 Å². The number of carbonyl (C=O) groups excluding carboxylic acids is 1. The first-order chi connectivity index (χ1) is 9.36. The number of benzene rings is 1. The third-order valence-corrected chi connectivity index (χ3v) is 3.69. The zero-order valence-electron chi connectivity index (χ0n) is 10.7. The predicted octanol–water partition coefficient (Wildman–Crippen LogP) is 0.00570. The molecular weight excluding hydrogens is 294 g/mol. The maximum Gasteiger partial charge on any atom is 0.246 e. The fourth-order valence-electron chi connectivity index (χ4n) is 1.34. The number of hydrogen-bond acceptors (Lipinski definition) is 4. The molecule has 0 aliphatic carbocycles. The lowest BCUT2D eigenvalue weighted by molar-refractivity contribution is -0.124. The zero-order valence-corrected chi connectivity index (χ0v) is 11.5. The van der Waals surface area contributed by atoms with Crippen molar-refractivity contribution >= 4 is 15.9 Å². The van der Waals surface area contributed by atoms with Gasteiger partial charge in [0.1, 0.15) is 23.1 Å².